The molecule has 0 atom stereocenters. The third-order valence-corrected chi connectivity index (χ3v) is 4.15. The molecule has 0 spiro atoms. The van der Waals surface area contributed by atoms with Crippen molar-refractivity contribution in [3.8, 4) is 17.1 Å². The third-order valence-electron chi connectivity index (χ3n) is 4.15. The number of benzene rings is 2. The van der Waals surface area contributed by atoms with Gasteiger partial charge in [0.2, 0.25) is 0 Å². The second-order valence-corrected chi connectivity index (χ2v) is 6.06. The van der Waals surface area contributed by atoms with Crippen molar-refractivity contribution < 1.29 is 14.2 Å². The van der Waals surface area contributed by atoms with Crippen LogP contribution in [0.4, 0.5) is 4.39 Å². The number of hydrogen-bond donors (Lipinski definition) is 1. The molecule has 0 bridgehead atoms. The Balaban J connectivity index is 2.21. The molecule has 0 saturated carbocycles. The summed E-state index contributed by atoms with van der Waals surface area (Å²) in [4.78, 5) is 4.58. The van der Waals surface area contributed by atoms with Crippen LogP contribution in [0.1, 0.15) is 25.3 Å². The molecule has 0 fully saturated rings. The van der Waals surface area contributed by atoms with Gasteiger partial charge in [0.05, 0.1) is 19.2 Å². The van der Waals surface area contributed by atoms with Gasteiger partial charge >= 0.3 is 0 Å². The molecule has 5 heteroatoms. The van der Waals surface area contributed by atoms with Gasteiger partial charge in [-0.05, 0) is 11.5 Å². The number of imidazole rings is 1. The smallest absolute Gasteiger partial charge is 0.147 e. The molecule has 3 rings (SSSR count). The maximum Gasteiger partial charge on any atom is 0.147 e. The summed E-state index contributed by atoms with van der Waals surface area (Å²) in [5.74, 6) is 1.16. The van der Waals surface area contributed by atoms with Crippen molar-refractivity contribution >= 4 is 11.0 Å². The lowest BCUT2D eigenvalue weighted by molar-refractivity contribution is 0.278. The van der Waals surface area contributed by atoms with Crippen molar-refractivity contribution in [1.29, 1.82) is 0 Å². The summed E-state index contributed by atoms with van der Waals surface area (Å²) in [7, 11) is 1.50. The van der Waals surface area contributed by atoms with E-state index in [1.165, 1.54) is 24.8 Å². The molecule has 3 aromatic rings. The summed E-state index contributed by atoms with van der Waals surface area (Å²) in [5.41, 5.74) is 3.37. The van der Waals surface area contributed by atoms with Crippen molar-refractivity contribution in [1.82, 2.24) is 9.55 Å². The number of halogens is 1. The van der Waals surface area contributed by atoms with Gasteiger partial charge in [-0.3, -0.25) is 0 Å². The monoisotopic (exact) mass is 328 g/mol. The zero-order valence-corrected chi connectivity index (χ0v) is 14.1. The number of hydrogen-bond acceptors (Lipinski definition) is 3. The highest BCUT2D eigenvalue weighted by Crippen LogP contribution is 2.32. The van der Waals surface area contributed by atoms with Gasteiger partial charge < -0.3 is 14.4 Å². The van der Waals surface area contributed by atoms with E-state index in [9.17, 15) is 9.50 Å². The molecule has 0 amide bonds. The molecule has 0 aliphatic heterocycles. The van der Waals surface area contributed by atoms with Crippen LogP contribution >= 0.6 is 0 Å². The number of aliphatic hydroxyl groups excluding tert-OH is 1. The Kier molecular flexibility index (Phi) is 4.53. The van der Waals surface area contributed by atoms with Crippen molar-refractivity contribution in [3.05, 3.63) is 47.8 Å². The fraction of sp³-hybridized carbons (Fsp3) is 0.316. The Morgan fingerprint density at radius 2 is 1.92 bits per heavy atom. The Bertz CT molecular complexity index is 854. The van der Waals surface area contributed by atoms with E-state index in [1.54, 1.807) is 0 Å². The number of fused-ring (bicyclic) bond motifs is 1. The first kappa shape index (κ1) is 16.5. The van der Waals surface area contributed by atoms with Crippen LogP contribution in [0.25, 0.3) is 22.4 Å². The highest BCUT2D eigenvalue weighted by Gasteiger charge is 2.17. The zero-order valence-electron chi connectivity index (χ0n) is 14.1. The van der Waals surface area contributed by atoms with Gasteiger partial charge in [0, 0.05) is 24.2 Å². The van der Waals surface area contributed by atoms with Gasteiger partial charge in [0.1, 0.15) is 22.9 Å². The molecule has 1 N–H and O–H groups in total. The Labute approximate surface area is 140 Å². The number of aromatic nitrogens is 2. The number of methoxy groups -OCH3 is 1. The van der Waals surface area contributed by atoms with Crippen molar-refractivity contribution in [2.45, 2.75) is 26.3 Å². The van der Waals surface area contributed by atoms with Crippen molar-refractivity contribution in [2.75, 3.05) is 13.7 Å². The second-order valence-electron chi connectivity index (χ2n) is 6.06. The topological polar surface area (TPSA) is 47.3 Å². The fourth-order valence-corrected chi connectivity index (χ4v) is 2.91. The van der Waals surface area contributed by atoms with Crippen LogP contribution in [-0.4, -0.2) is 28.4 Å². The van der Waals surface area contributed by atoms with Gasteiger partial charge in [0.25, 0.3) is 0 Å². The zero-order chi connectivity index (χ0) is 17.3. The van der Waals surface area contributed by atoms with Crippen LogP contribution in [0.2, 0.25) is 0 Å². The first-order valence-corrected chi connectivity index (χ1v) is 8.00. The summed E-state index contributed by atoms with van der Waals surface area (Å²) in [6.07, 6.45) is 0. The molecular weight excluding hydrogens is 307 g/mol. The largest absolute Gasteiger partial charge is 0.494 e. The number of ether oxygens (including phenoxy) is 1. The van der Waals surface area contributed by atoms with E-state index < -0.39 is 5.82 Å². The molecule has 1 aromatic heterocycles. The minimum absolute atomic E-state index is 0.0386. The number of rotatable bonds is 5. The fourth-order valence-electron chi connectivity index (χ4n) is 2.91. The standard InChI is InChI=1S/C19H21FN2O2/c1-12(2)13-4-6-14(7-5-13)19-21-16-10-15(20)11-17(24-3)18(16)22(19)8-9-23/h4-7,10-12,23H,8-9H2,1-3H3. The number of aliphatic hydroxyl groups is 1. The molecular formula is C19H21FN2O2. The van der Waals surface area contributed by atoms with E-state index in [1.807, 2.05) is 16.7 Å². The highest BCUT2D eigenvalue weighted by molar-refractivity contribution is 5.86. The quantitative estimate of drug-likeness (QED) is 0.771. The lowest BCUT2D eigenvalue weighted by Gasteiger charge is -2.11. The molecule has 0 aliphatic rings. The minimum atomic E-state index is -0.394. The molecule has 24 heavy (non-hydrogen) atoms. The first-order chi connectivity index (χ1) is 11.5. The lowest BCUT2D eigenvalue weighted by atomic mass is 10.0. The van der Waals surface area contributed by atoms with E-state index in [-0.39, 0.29) is 6.61 Å². The molecule has 0 aliphatic carbocycles. The average Bonchev–Trinajstić information content (AvgIpc) is 2.93. The Morgan fingerprint density at radius 3 is 2.50 bits per heavy atom. The molecule has 2 aromatic carbocycles. The summed E-state index contributed by atoms with van der Waals surface area (Å²) in [6.45, 7) is 4.61. The normalized spacial score (nSPS) is 11.4. The van der Waals surface area contributed by atoms with Gasteiger partial charge in [-0.1, -0.05) is 38.1 Å². The summed E-state index contributed by atoms with van der Waals surface area (Å²) < 4.78 is 21.0. The van der Waals surface area contributed by atoms with Crippen LogP contribution in [0.15, 0.2) is 36.4 Å². The Morgan fingerprint density at radius 1 is 1.21 bits per heavy atom. The Hall–Kier alpha value is -2.40. The van der Waals surface area contributed by atoms with Crippen LogP contribution in [-0.2, 0) is 6.54 Å². The number of nitrogens with zero attached hydrogens (tertiary/aromatic N) is 2. The first-order valence-electron chi connectivity index (χ1n) is 8.00. The van der Waals surface area contributed by atoms with Gasteiger partial charge in [-0.25, -0.2) is 9.37 Å². The van der Waals surface area contributed by atoms with E-state index in [2.05, 4.69) is 31.0 Å². The van der Waals surface area contributed by atoms with E-state index in [4.69, 9.17) is 4.74 Å². The van der Waals surface area contributed by atoms with Crippen LogP contribution in [0, 0.1) is 5.82 Å². The van der Waals surface area contributed by atoms with Gasteiger partial charge in [-0.2, -0.15) is 0 Å². The third kappa shape index (κ3) is 2.87. The van der Waals surface area contributed by atoms with E-state index in [0.29, 0.717) is 35.1 Å². The summed E-state index contributed by atoms with van der Waals surface area (Å²) in [5, 5.41) is 9.44. The maximum atomic E-state index is 13.8. The van der Waals surface area contributed by atoms with E-state index >= 15 is 0 Å². The second kappa shape index (κ2) is 6.61. The molecule has 0 radical (unpaired) electrons. The summed E-state index contributed by atoms with van der Waals surface area (Å²) in [6, 6.07) is 10.9. The van der Waals surface area contributed by atoms with Gasteiger partial charge in [0.15, 0.2) is 0 Å². The molecule has 4 nitrogen and oxygen atoms in total. The van der Waals surface area contributed by atoms with Crippen molar-refractivity contribution in [2.24, 2.45) is 0 Å². The molecule has 0 unspecified atom stereocenters. The molecule has 126 valence electrons. The molecule has 0 saturated heterocycles. The summed E-state index contributed by atoms with van der Waals surface area (Å²) >= 11 is 0. The maximum absolute atomic E-state index is 13.8. The van der Waals surface area contributed by atoms with Crippen LogP contribution < -0.4 is 4.74 Å². The minimum Gasteiger partial charge on any atom is -0.494 e. The van der Waals surface area contributed by atoms with Gasteiger partial charge in [-0.15, -0.1) is 0 Å². The van der Waals surface area contributed by atoms with E-state index in [0.717, 1.165) is 5.56 Å². The SMILES string of the molecule is COc1cc(F)cc2nc(-c3ccc(C(C)C)cc3)n(CCO)c12. The molecule has 1 heterocycles. The average molecular weight is 328 g/mol. The van der Waals surface area contributed by atoms with Crippen LogP contribution in [0.5, 0.6) is 5.75 Å². The van der Waals surface area contributed by atoms with Crippen molar-refractivity contribution in [3.63, 3.8) is 0 Å². The lowest BCUT2D eigenvalue weighted by Crippen LogP contribution is -2.05. The predicted octanol–water partition coefficient (Wildman–Crippen LogP) is 3.97. The highest BCUT2D eigenvalue weighted by atomic mass is 19.1. The predicted molar refractivity (Wildman–Crippen MR) is 92.9 cm³/mol. The van der Waals surface area contributed by atoms with Crippen LogP contribution in [0.3, 0.4) is 0 Å².